The van der Waals surface area contributed by atoms with Gasteiger partial charge in [0.25, 0.3) is 0 Å². The minimum Gasteiger partial charge on any atom is -0.378 e. The highest BCUT2D eigenvalue weighted by molar-refractivity contribution is 7.71. The third-order valence-corrected chi connectivity index (χ3v) is 1.88. The molecule has 2 rings (SSSR count). The van der Waals surface area contributed by atoms with Crippen LogP contribution in [0.25, 0.3) is 0 Å². The zero-order valence-electron chi connectivity index (χ0n) is 6.78. The molecule has 7 heteroatoms. The number of H-pyrrole nitrogens is 1. The van der Waals surface area contributed by atoms with Crippen LogP contribution in [0, 0.1) is 4.84 Å². The normalized spacial score (nSPS) is 22.3. The van der Waals surface area contributed by atoms with Gasteiger partial charge in [-0.3, -0.25) is 0 Å². The molecule has 0 bridgehead atoms. The number of hydrogen-bond acceptors (Lipinski definition) is 5. The van der Waals surface area contributed by atoms with Crippen molar-refractivity contribution < 1.29 is 9.26 Å². The highest BCUT2D eigenvalue weighted by Crippen LogP contribution is 2.10. The lowest BCUT2D eigenvalue weighted by atomic mass is 10.3. The number of nitrogens with one attached hydrogen (secondary N) is 2. The number of rotatable bonds is 1. The van der Waals surface area contributed by atoms with E-state index in [1.54, 1.807) is 0 Å². The van der Waals surface area contributed by atoms with Crippen molar-refractivity contribution in [3.63, 3.8) is 0 Å². The number of hydrogen-bond donors (Lipinski definition) is 2. The Labute approximate surface area is 86.2 Å². The molecule has 1 aromatic heterocycles. The predicted octanol–water partition coefficient (Wildman–Crippen LogP) is 0.815. The molecule has 74 valence electrons. The van der Waals surface area contributed by atoms with Crippen molar-refractivity contribution in [1.82, 2.24) is 15.5 Å². The van der Waals surface area contributed by atoms with Crippen LogP contribution in [0.2, 0.25) is 0 Å². The van der Waals surface area contributed by atoms with Crippen LogP contribution in [0.3, 0.4) is 0 Å². The molecule has 5 nitrogen and oxygen atoms in total. The van der Waals surface area contributed by atoms with Crippen molar-refractivity contribution in [1.29, 1.82) is 0 Å². The highest BCUT2D eigenvalue weighted by atomic mass is 35.5. The summed E-state index contributed by atoms with van der Waals surface area (Å²) in [6.07, 6.45) is 0. The summed E-state index contributed by atoms with van der Waals surface area (Å²) in [5.41, 5.74) is 0. The van der Waals surface area contributed by atoms with Crippen molar-refractivity contribution in [2.24, 2.45) is 0 Å². The molecule has 2 heterocycles. The molecule has 0 radical (unpaired) electrons. The van der Waals surface area contributed by atoms with Crippen LogP contribution in [0.4, 0.5) is 0 Å². The molecule has 1 saturated heterocycles. The number of aromatic nitrogens is 2. The molecule has 2 N–H and O–H groups in total. The van der Waals surface area contributed by atoms with E-state index in [0.29, 0.717) is 12.4 Å². The summed E-state index contributed by atoms with van der Waals surface area (Å²) >= 11 is 4.72. The van der Waals surface area contributed by atoms with E-state index in [1.165, 1.54) is 0 Å². The van der Waals surface area contributed by atoms with Crippen molar-refractivity contribution in [3.05, 3.63) is 10.7 Å². The van der Waals surface area contributed by atoms with E-state index in [4.69, 9.17) is 21.5 Å². The summed E-state index contributed by atoms with van der Waals surface area (Å²) < 4.78 is 10.0. The molecule has 1 aromatic rings. The van der Waals surface area contributed by atoms with Gasteiger partial charge >= 0.3 is 4.84 Å². The SMILES string of the molecule is Cl.S=c1nc([C@@H]2COCCN2)[nH]o1. The van der Waals surface area contributed by atoms with Crippen LogP contribution in [-0.2, 0) is 4.74 Å². The van der Waals surface area contributed by atoms with Crippen molar-refractivity contribution >= 4 is 24.6 Å². The molecule has 0 aliphatic carbocycles. The summed E-state index contributed by atoms with van der Waals surface area (Å²) in [6, 6.07) is 0.0826. The molecular formula is C6H10ClN3O2S. The first kappa shape index (κ1) is 10.6. The number of morpholine rings is 1. The van der Waals surface area contributed by atoms with E-state index in [2.05, 4.69) is 15.5 Å². The molecule has 0 spiro atoms. The van der Waals surface area contributed by atoms with Gasteiger partial charge in [0, 0.05) is 6.54 Å². The third kappa shape index (κ3) is 2.50. The van der Waals surface area contributed by atoms with E-state index in [-0.39, 0.29) is 23.3 Å². The van der Waals surface area contributed by atoms with Gasteiger partial charge in [-0.15, -0.1) is 12.4 Å². The van der Waals surface area contributed by atoms with Gasteiger partial charge in [0.2, 0.25) is 0 Å². The average molecular weight is 224 g/mol. The zero-order chi connectivity index (χ0) is 8.39. The summed E-state index contributed by atoms with van der Waals surface area (Å²) in [5.74, 6) is 0.708. The third-order valence-electron chi connectivity index (χ3n) is 1.71. The van der Waals surface area contributed by atoms with Gasteiger partial charge in [0.05, 0.1) is 19.3 Å². The highest BCUT2D eigenvalue weighted by Gasteiger charge is 2.18. The lowest BCUT2D eigenvalue weighted by Gasteiger charge is -2.20. The first-order valence-electron chi connectivity index (χ1n) is 3.73. The van der Waals surface area contributed by atoms with Gasteiger partial charge in [-0.1, -0.05) is 0 Å². The van der Waals surface area contributed by atoms with Crippen molar-refractivity contribution in [2.75, 3.05) is 19.8 Å². The maximum Gasteiger partial charge on any atom is 0.314 e. The van der Waals surface area contributed by atoms with Gasteiger partial charge in [0.1, 0.15) is 0 Å². The van der Waals surface area contributed by atoms with Gasteiger partial charge in [-0.2, -0.15) is 4.98 Å². The Balaban J connectivity index is 0.000000845. The maximum atomic E-state index is 5.25. The lowest BCUT2D eigenvalue weighted by molar-refractivity contribution is 0.0734. The molecule has 1 aliphatic rings. The summed E-state index contributed by atoms with van der Waals surface area (Å²) in [6.45, 7) is 2.19. The van der Waals surface area contributed by atoms with Gasteiger partial charge in [-0.25, -0.2) is 5.16 Å². The van der Waals surface area contributed by atoms with Gasteiger partial charge < -0.3 is 14.6 Å². The van der Waals surface area contributed by atoms with Crippen LogP contribution in [0.1, 0.15) is 11.9 Å². The smallest absolute Gasteiger partial charge is 0.314 e. The molecule has 1 aliphatic heterocycles. The fourth-order valence-corrected chi connectivity index (χ4v) is 1.27. The van der Waals surface area contributed by atoms with E-state index >= 15 is 0 Å². The number of aromatic amines is 1. The minimum atomic E-state index is 0. The summed E-state index contributed by atoms with van der Waals surface area (Å²) in [5, 5.41) is 5.87. The second-order valence-electron chi connectivity index (χ2n) is 2.55. The largest absolute Gasteiger partial charge is 0.378 e. The van der Waals surface area contributed by atoms with E-state index in [1.807, 2.05) is 0 Å². The molecule has 13 heavy (non-hydrogen) atoms. The molecule has 0 amide bonds. The van der Waals surface area contributed by atoms with Crippen LogP contribution in [-0.4, -0.2) is 29.9 Å². The minimum absolute atomic E-state index is 0. The number of nitrogens with zero attached hydrogens (tertiary/aromatic N) is 1. The molecule has 1 fully saturated rings. The Morgan fingerprint density at radius 2 is 2.38 bits per heavy atom. The standard InChI is InChI=1S/C6H9N3O2S.ClH/c12-6-8-5(9-11-6)4-3-10-2-1-7-4;/h4,7H,1-3H2,(H,8,9,12);1H/t4-;/m0./s1. The average Bonchev–Trinajstić information content (AvgIpc) is 2.54. The topological polar surface area (TPSA) is 63.1 Å². The van der Waals surface area contributed by atoms with Crippen LogP contribution in [0.5, 0.6) is 0 Å². The summed E-state index contributed by atoms with van der Waals surface area (Å²) in [4.78, 5) is 4.22. The molecule has 0 aromatic carbocycles. The van der Waals surface area contributed by atoms with Crippen molar-refractivity contribution in [2.45, 2.75) is 6.04 Å². The van der Waals surface area contributed by atoms with Gasteiger partial charge in [0.15, 0.2) is 5.82 Å². The number of ether oxygens (including phenoxy) is 1. The molecule has 1 atom stereocenters. The van der Waals surface area contributed by atoms with Crippen LogP contribution < -0.4 is 5.32 Å². The van der Waals surface area contributed by atoms with Crippen molar-refractivity contribution in [3.8, 4) is 0 Å². The lowest BCUT2D eigenvalue weighted by Crippen LogP contribution is -2.35. The first-order chi connectivity index (χ1) is 5.86. The predicted molar refractivity (Wildman–Crippen MR) is 50.5 cm³/mol. The Bertz CT molecular complexity index is 307. The van der Waals surface area contributed by atoms with Crippen LogP contribution in [0.15, 0.2) is 4.52 Å². The Hall–Kier alpha value is -0.430. The second-order valence-corrected chi connectivity index (χ2v) is 2.90. The quantitative estimate of drug-likeness (QED) is 0.690. The Morgan fingerprint density at radius 3 is 2.92 bits per heavy atom. The number of halogens is 1. The fourth-order valence-electron chi connectivity index (χ4n) is 1.13. The van der Waals surface area contributed by atoms with Gasteiger partial charge in [-0.05, 0) is 12.2 Å². The van der Waals surface area contributed by atoms with Crippen LogP contribution >= 0.6 is 24.6 Å². The first-order valence-corrected chi connectivity index (χ1v) is 4.13. The van der Waals surface area contributed by atoms with E-state index in [0.717, 1.165) is 13.2 Å². The fraction of sp³-hybridized carbons (Fsp3) is 0.667. The Morgan fingerprint density at radius 1 is 1.54 bits per heavy atom. The monoisotopic (exact) mass is 223 g/mol. The van der Waals surface area contributed by atoms with E-state index in [9.17, 15) is 0 Å². The maximum absolute atomic E-state index is 5.25. The van der Waals surface area contributed by atoms with E-state index < -0.39 is 0 Å². The Kier molecular flexibility index (Phi) is 3.86. The summed E-state index contributed by atoms with van der Waals surface area (Å²) in [7, 11) is 0. The molecule has 0 saturated carbocycles. The molecule has 0 unspecified atom stereocenters. The zero-order valence-corrected chi connectivity index (χ0v) is 8.41. The second kappa shape index (κ2) is 4.71. The molecular weight excluding hydrogens is 214 g/mol.